The molecule has 224 valence electrons. The molecule has 2 aliphatic heterocycles. The Morgan fingerprint density at radius 2 is 1.85 bits per heavy atom. The zero-order valence-electron chi connectivity index (χ0n) is 23.5. The fourth-order valence-corrected chi connectivity index (χ4v) is 6.75. The van der Waals surface area contributed by atoms with Gasteiger partial charge in [-0.05, 0) is 42.0 Å². The van der Waals surface area contributed by atoms with Crippen LogP contribution in [0, 0.1) is 11.8 Å². The number of hydrogen-bond donors (Lipinski definition) is 3. The van der Waals surface area contributed by atoms with Crippen molar-refractivity contribution in [1.82, 2.24) is 9.62 Å². The first-order valence-corrected chi connectivity index (χ1v) is 15.4. The Hall–Kier alpha value is -2.80. The molecular formula is C30H40N2O8S. The van der Waals surface area contributed by atoms with Crippen molar-refractivity contribution >= 4 is 22.2 Å². The summed E-state index contributed by atoms with van der Waals surface area (Å²) in [6.07, 6.45) is 1.52. The maximum atomic E-state index is 13.7. The highest BCUT2D eigenvalue weighted by Gasteiger charge is 2.44. The minimum absolute atomic E-state index is 0.0156. The Labute approximate surface area is 242 Å². The lowest BCUT2D eigenvalue weighted by atomic mass is 10.0. The predicted molar refractivity (Wildman–Crippen MR) is 153 cm³/mol. The topological polar surface area (TPSA) is 135 Å². The molecule has 2 heterocycles. The van der Waals surface area contributed by atoms with Gasteiger partial charge in [0.15, 0.2) is 6.29 Å². The van der Waals surface area contributed by atoms with E-state index < -0.39 is 34.4 Å². The summed E-state index contributed by atoms with van der Waals surface area (Å²) >= 11 is 0. The number of alkyl carbamates (subject to hydrolysis) is 1. The second-order valence-corrected chi connectivity index (χ2v) is 12.8. The van der Waals surface area contributed by atoms with Gasteiger partial charge in [-0.1, -0.05) is 68.5 Å². The van der Waals surface area contributed by atoms with E-state index in [1.165, 1.54) is 16.4 Å². The Morgan fingerprint density at radius 3 is 2.54 bits per heavy atom. The summed E-state index contributed by atoms with van der Waals surface area (Å²) in [6.45, 7) is 4.43. The van der Waals surface area contributed by atoms with Crippen molar-refractivity contribution in [3.63, 3.8) is 0 Å². The molecule has 0 aromatic heterocycles. The molecule has 0 bridgehead atoms. The third-order valence-corrected chi connectivity index (χ3v) is 9.05. The van der Waals surface area contributed by atoms with Crippen LogP contribution in [0.15, 0.2) is 65.6 Å². The summed E-state index contributed by atoms with van der Waals surface area (Å²) in [7, 11) is -3.97. The number of nitrogens with zero attached hydrogens (tertiary/aromatic N) is 1. The molecule has 10 nitrogen and oxygen atoms in total. The highest BCUT2D eigenvalue weighted by molar-refractivity contribution is 7.89. The van der Waals surface area contributed by atoms with Crippen molar-refractivity contribution < 1.29 is 37.6 Å². The van der Waals surface area contributed by atoms with Crippen LogP contribution in [0.5, 0.6) is 0 Å². The molecule has 2 aliphatic rings. The molecule has 4 rings (SSSR count). The fraction of sp³-hybridized carbons (Fsp3) is 0.500. The normalized spacial score (nSPS) is 22.2. The third kappa shape index (κ3) is 8.37. The number of nitrogens with one attached hydrogen (secondary N) is 1. The average Bonchev–Trinajstić information content (AvgIpc) is 3.57. The number of amides is 1. The number of fused-ring (bicyclic) bond motifs is 1. The molecule has 11 heteroatoms. The summed E-state index contributed by atoms with van der Waals surface area (Å²) in [5, 5.41) is 23.2. The SMILES string of the molecule is CC(C)CN(C[C@@H](O)[C@H](Cc1ccccc1)NC(=O)OC1CO[C@H]2OCCC12)S(=O)(=O)c1ccc(C=CCO)cc1. The van der Waals surface area contributed by atoms with Gasteiger partial charge in [-0.3, -0.25) is 0 Å². The number of hydrogen-bond acceptors (Lipinski definition) is 8. The van der Waals surface area contributed by atoms with Gasteiger partial charge in [0.1, 0.15) is 6.10 Å². The maximum absolute atomic E-state index is 13.7. The monoisotopic (exact) mass is 588 g/mol. The van der Waals surface area contributed by atoms with Crippen molar-refractivity contribution in [3.05, 3.63) is 71.8 Å². The fourth-order valence-electron chi connectivity index (χ4n) is 5.12. The van der Waals surface area contributed by atoms with E-state index in [0.717, 1.165) is 17.5 Å². The molecule has 5 atom stereocenters. The van der Waals surface area contributed by atoms with Gasteiger partial charge in [0.2, 0.25) is 10.0 Å². The summed E-state index contributed by atoms with van der Waals surface area (Å²) in [5.74, 6) is -0.0476. The summed E-state index contributed by atoms with van der Waals surface area (Å²) < 4.78 is 45.4. The number of aliphatic hydroxyl groups excluding tert-OH is 2. The van der Waals surface area contributed by atoms with Crippen molar-refractivity contribution in [1.29, 1.82) is 0 Å². The van der Waals surface area contributed by atoms with Gasteiger partial charge in [0, 0.05) is 13.1 Å². The second kappa shape index (κ2) is 14.4. The Kier molecular flexibility index (Phi) is 10.9. The largest absolute Gasteiger partial charge is 0.443 e. The van der Waals surface area contributed by atoms with Crippen LogP contribution in [0.25, 0.3) is 6.08 Å². The van der Waals surface area contributed by atoms with Gasteiger partial charge in [0.05, 0.1) is 42.8 Å². The van der Waals surface area contributed by atoms with E-state index in [-0.39, 0.29) is 55.7 Å². The highest BCUT2D eigenvalue weighted by atomic mass is 32.2. The first-order valence-electron chi connectivity index (χ1n) is 14.0. The van der Waals surface area contributed by atoms with E-state index in [2.05, 4.69) is 5.32 Å². The van der Waals surface area contributed by atoms with Crippen molar-refractivity contribution in [2.24, 2.45) is 11.8 Å². The van der Waals surface area contributed by atoms with Crippen molar-refractivity contribution in [2.75, 3.05) is 32.9 Å². The van der Waals surface area contributed by atoms with Gasteiger partial charge < -0.3 is 29.7 Å². The molecule has 3 N–H and O–H groups in total. The molecule has 1 amide bonds. The van der Waals surface area contributed by atoms with Crippen LogP contribution in [-0.2, 0) is 30.7 Å². The Bertz CT molecular complexity index is 1250. The van der Waals surface area contributed by atoms with Gasteiger partial charge >= 0.3 is 6.09 Å². The van der Waals surface area contributed by atoms with Crippen LogP contribution >= 0.6 is 0 Å². The number of ether oxygens (including phenoxy) is 3. The summed E-state index contributed by atoms with van der Waals surface area (Å²) in [5.41, 5.74) is 1.62. The van der Waals surface area contributed by atoms with E-state index in [1.54, 1.807) is 24.3 Å². The standard InChI is InChI=1S/C30H40N2O8S/c1-21(2)18-32(41(36,37)24-12-10-22(11-13-24)9-6-15-33)19-27(34)26(17-23-7-4-3-5-8-23)31-30(35)40-28-20-39-29-25(28)14-16-38-29/h3-13,21,25-29,33-34H,14-20H2,1-2H3,(H,31,35)/t25?,26-,27+,28?,29+/m0/s1. The molecule has 2 unspecified atom stereocenters. The predicted octanol–water partition coefficient (Wildman–Crippen LogP) is 2.80. The lowest BCUT2D eigenvalue weighted by Gasteiger charge is -2.31. The molecule has 41 heavy (non-hydrogen) atoms. The van der Waals surface area contributed by atoms with Crippen LogP contribution in [0.3, 0.4) is 0 Å². The number of benzene rings is 2. The molecule has 0 saturated carbocycles. The smallest absolute Gasteiger partial charge is 0.407 e. The van der Waals surface area contributed by atoms with Gasteiger partial charge in [0.25, 0.3) is 0 Å². The molecule has 2 aromatic carbocycles. The van der Waals surface area contributed by atoms with E-state index in [4.69, 9.17) is 19.3 Å². The number of carbonyl (C=O) groups is 1. The Morgan fingerprint density at radius 1 is 1.12 bits per heavy atom. The molecule has 0 aliphatic carbocycles. The average molecular weight is 589 g/mol. The second-order valence-electron chi connectivity index (χ2n) is 10.8. The first-order chi connectivity index (χ1) is 19.7. The van der Waals surface area contributed by atoms with Gasteiger partial charge in [-0.15, -0.1) is 0 Å². The summed E-state index contributed by atoms with van der Waals surface area (Å²) in [4.78, 5) is 13.1. The highest BCUT2D eigenvalue weighted by Crippen LogP contribution is 2.33. The van der Waals surface area contributed by atoms with E-state index in [9.17, 15) is 18.3 Å². The Balaban J connectivity index is 1.51. The first kappa shape index (κ1) is 31.1. The number of aliphatic hydroxyl groups is 2. The van der Waals surface area contributed by atoms with Crippen molar-refractivity contribution in [2.45, 2.75) is 56.1 Å². The van der Waals surface area contributed by atoms with E-state index >= 15 is 0 Å². The third-order valence-electron chi connectivity index (χ3n) is 7.20. The maximum Gasteiger partial charge on any atom is 0.407 e. The molecule has 0 radical (unpaired) electrons. The zero-order chi connectivity index (χ0) is 29.4. The molecule has 0 spiro atoms. The van der Waals surface area contributed by atoms with Crippen LogP contribution in [0.1, 0.15) is 31.4 Å². The van der Waals surface area contributed by atoms with Gasteiger partial charge in [-0.2, -0.15) is 4.31 Å². The quantitative estimate of drug-likeness (QED) is 0.325. The van der Waals surface area contributed by atoms with E-state index in [1.807, 2.05) is 44.2 Å². The number of sulfonamides is 1. The molecule has 2 fully saturated rings. The van der Waals surface area contributed by atoms with Crippen LogP contribution in [-0.4, -0.2) is 86.5 Å². The molecule has 2 aromatic rings. The number of rotatable bonds is 13. The number of carbonyl (C=O) groups excluding carboxylic acids is 1. The lowest BCUT2D eigenvalue weighted by Crippen LogP contribution is -2.51. The summed E-state index contributed by atoms with van der Waals surface area (Å²) in [6, 6.07) is 14.9. The van der Waals surface area contributed by atoms with Crippen LogP contribution < -0.4 is 5.32 Å². The molecule has 2 saturated heterocycles. The van der Waals surface area contributed by atoms with Crippen LogP contribution in [0.2, 0.25) is 0 Å². The lowest BCUT2D eigenvalue weighted by molar-refractivity contribution is -0.0907. The minimum Gasteiger partial charge on any atom is -0.443 e. The minimum atomic E-state index is -3.97. The van der Waals surface area contributed by atoms with E-state index in [0.29, 0.717) is 6.61 Å². The van der Waals surface area contributed by atoms with Crippen LogP contribution in [0.4, 0.5) is 4.79 Å². The molecular weight excluding hydrogens is 548 g/mol. The van der Waals surface area contributed by atoms with Crippen molar-refractivity contribution in [3.8, 4) is 0 Å². The zero-order valence-corrected chi connectivity index (χ0v) is 24.3. The van der Waals surface area contributed by atoms with Gasteiger partial charge in [-0.25, -0.2) is 13.2 Å².